The number of hydrogen-bond donors (Lipinski definition) is 2. The SMILES string of the molecule is Oc1ccc(CNc2ccccc2N2CCOCC2)nc1. The van der Waals surface area contributed by atoms with Crippen LogP contribution in [0, 0.1) is 0 Å². The fourth-order valence-electron chi connectivity index (χ4n) is 2.41. The molecule has 5 heteroatoms. The number of aromatic hydroxyl groups is 1. The molecule has 0 spiro atoms. The second-order valence-corrected chi connectivity index (χ2v) is 4.98. The summed E-state index contributed by atoms with van der Waals surface area (Å²) in [6.45, 7) is 4.00. The van der Waals surface area contributed by atoms with Crippen LogP contribution in [0.5, 0.6) is 5.75 Å². The van der Waals surface area contributed by atoms with Gasteiger partial charge in [-0.05, 0) is 24.3 Å². The van der Waals surface area contributed by atoms with Crippen molar-refractivity contribution in [1.29, 1.82) is 0 Å². The molecule has 1 aromatic carbocycles. The van der Waals surface area contributed by atoms with Gasteiger partial charge in [0.2, 0.25) is 0 Å². The van der Waals surface area contributed by atoms with Crippen LogP contribution in [0.1, 0.15) is 5.69 Å². The van der Waals surface area contributed by atoms with Gasteiger partial charge in [0, 0.05) is 13.1 Å². The van der Waals surface area contributed by atoms with E-state index in [0.29, 0.717) is 6.54 Å². The lowest BCUT2D eigenvalue weighted by atomic mass is 10.2. The van der Waals surface area contributed by atoms with Crippen molar-refractivity contribution in [3.63, 3.8) is 0 Å². The highest BCUT2D eigenvalue weighted by molar-refractivity contribution is 5.70. The van der Waals surface area contributed by atoms with E-state index < -0.39 is 0 Å². The third-order valence-corrected chi connectivity index (χ3v) is 3.52. The summed E-state index contributed by atoms with van der Waals surface area (Å²) in [6, 6.07) is 11.7. The molecule has 0 saturated carbocycles. The number of benzene rings is 1. The molecule has 5 nitrogen and oxygen atoms in total. The van der Waals surface area contributed by atoms with Crippen molar-refractivity contribution in [3.05, 3.63) is 48.3 Å². The Morgan fingerprint density at radius 1 is 1.14 bits per heavy atom. The van der Waals surface area contributed by atoms with Gasteiger partial charge < -0.3 is 20.1 Å². The lowest BCUT2D eigenvalue weighted by Gasteiger charge is -2.30. The van der Waals surface area contributed by atoms with Gasteiger partial charge in [0.25, 0.3) is 0 Å². The zero-order valence-corrected chi connectivity index (χ0v) is 11.8. The summed E-state index contributed by atoms with van der Waals surface area (Å²) in [4.78, 5) is 6.52. The second kappa shape index (κ2) is 6.45. The molecule has 1 fully saturated rings. The van der Waals surface area contributed by atoms with E-state index >= 15 is 0 Å². The summed E-state index contributed by atoms with van der Waals surface area (Å²) in [5.41, 5.74) is 3.18. The summed E-state index contributed by atoms with van der Waals surface area (Å²) in [5.74, 6) is 0.187. The van der Waals surface area contributed by atoms with Crippen molar-refractivity contribution in [3.8, 4) is 5.75 Å². The summed E-state index contributed by atoms with van der Waals surface area (Å²) in [5, 5.41) is 12.7. The number of anilines is 2. The van der Waals surface area contributed by atoms with Crippen molar-refractivity contribution >= 4 is 11.4 Å². The summed E-state index contributed by atoms with van der Waals surface area (Å²) in [6.07, 6.45) is 1.46. The Morgan fingerprint density at radius 3 is 2.71 bits per heavy atom. The highest BCUT2D eigenvalue weighted by Gasteiger charge is 2.14. The highest BCUT2D eigenvalue weighted by atomic mass is 16.5. The predicted octanol–water partition coefficient (Wildman–Crippen LogP) is 2.24. The first-order chi connectivity index (χ1) is 10.3. The molecule has 1 saturated heterocycles. The van der Waals surface area contributed by atoms with Crippen LogP contribution in [0.15, 0.2) is 42.6 Å². The van der Waals surface area contributed by atoms with E-state index in [2.05, 4.69) is 33.4 Å². The molecule has 1 aliphatic rings. The number of para-hydroxylation sites is 2. The van der Waals surface area contributed by atoms with E-state index in [1.54, 1.807) is 6.07 Å². The zero-order chi connectivity index (χ0) is 14.5. The average molecular weight is 285 g/mol. The van der Waals surface area contributed by atoms with Crippen molar-refractivity contribution in [2.45, 2.75) is 6.54 Å². The average Bonchev–Trinajstić information content (AvgIpc) is 2.55. The number of hydrogen-bond acceptors (Lipinski definition) is 5. The lowest BCUT2D eigenvalue weighted by molar-refractivity contribution is 0.123. The molecule has 2 N–H and O–H groups in total. The summed E-state index contributed by atoms with van der Waals surface area (Å²) < 4.78 is 5.41. The number of aromatic nitrogens is 1. The number of nitrogens with one attached hydrogen (secondary N) is 1. The fraction of sp³-hybridized carbons (Fsp3) is 0.312. The molecule has 0 radical (unpaired) electrons. The number of pyridine rings is 1. The summed E-state index contributed by atoms with van der Waals surface area (Å²) in [7, 11) is 0. The van der Waals surface area contributed by atoms with Crippen molar-refractivity contribution in [2.75, 3.05) is 36.5 Å². The van der Waals surface area contributed by atoms with Gasteiger partial charge in [0.05, 0.1) is 43.0 Å². The molecule has 1 aliphatic heterocycles. The zero-order valence-electron chi connectivity index (χ0n) is 11.8. The minimum atomic E-state index is 0.187. The predicted molar refractivity (Wildman–Crippen MR) is 82.7 cm³/mol. The Kier molecular flexibility index (Phi) is 4.21. The van der Waals surface area contributed by atoms with Crippen LogP contribution >= 0.6 is 0 Å². The number of nitrogens with zero attached hydrogens (tertiary/aromatic N) is 2. The standard InChI is InChI=1S/C16H19N3O2/c20-14-6-5-13(17-12-14)11-18-15-3-1-2-4-16(15)19-7-9-21-10-8-19/h1-6,12,18,20H,7-11H2. The first kappa shape index (κ1) is 13.7. The molecule has 2 aromatic rings. The molecule has 0 amide bonds. The molecule has 0 bridgehead atoms. The van der Waals surface area contributed by atoms with E-state index in [9.17, 15) is 5.11 Å². The Labute approximate surface area is 124 Å². The molecule has 110 valence electrons. The highest BCUT2D eigenvalue weighted by Crippen LogP contribution is 2.26. The van der Waals surface area contributed by atoms with E-state index in [0.717, 1.165) is 37.7 Å². The first-order valence-electron chi connectivity index (χ1n) is 7.12. The molecular weight excluding hydrogens is 266 g/mol. The van der Waals surface area contributed by atoms with Crippen molar-refractivity contribution in [1.82, 2.24) is 4.98 Å². The van der Waals surface area contributed by atoms with Crippen LogP contribution in [-0.2, 0) is 11.3 Å². The number of morpholine rings is 1. The van der Waals surface area contributed by atoms with Crippen LogP contribution in [0.2, 0.25) is 0 Å². The van der Waals surface area contributed by atoms with Crippen LogP contribution in [0.3, 0.4) is 0 Å². The molecule has 1 aromatic heterocycles. The maximum Gasteiger partial charge on any atom is 0.133 e. The minimum absolute atomic E-state index is 0.187. The smallest absolute Gasteiger partial charge is 0.133 e. The van der Waals surface area contributed by atoms with Crippen molar-refractivity contribution < 1.29 is 9.84 Å². The Bertz CT molecular complexity index is 580. The van der Waals surface area contributed by atoms with E-state index in [-0.39, 0.29) is 5.75 Å². The van der Waals surface area contributed by atoms with Crippen LogP contribution in [0.4, 0.5) is 11.4 Å². The minimum Gasteiger partial charge on any atom is -0.506 e. The Hall–Kier alpha value is -2.27. The van der Waals surface area contributed by atoms with Crippen LogP contribution in [0.25, 0.3) is 0 Å². The summed E-state index contributed by atoms with van der Waals surface area (Å²) >= 11 is 0. The lowest BCUT2D eigenvalue weighted by Crippen LogP contribution is -2.36. The van der Waals surface area contributed by atoms with E-state index in [1.807, 2.05) is 12.1 Å². The monoisotopic (exact) mass is 285 g/mol. The van der Waals surface area contributed by atoms with Gasteiger partial charge in [-0.3, -0.25) is 4.98 Å². The molecule has 0 atom stereocenters. The topological polar surface area (TPSA) is 57.6 Å². The molecule has 3 rings (SSSR count). The quantitative estimate of drug-likeness (QED) is 0.902. The molecule has 0 unspecified atom stereocenters. The van der Waals surface area contributed by atoms with E-state index in [4.69, 9.17) is 4.74 Å². The molecular formula is C16H19N3O2. The number of rotatable bonds is 4. The van der Waals surface area contributed by atoms with Gasteiger partial charge in [-0.25, -0.2) is 0 Å². The normalized spacial score (nSPS) is 15.0. The van der Waals surface area contributed by atoms with Crippen LogP contribution < -0.4 is 10.2 Å². The van der Waals surface area contributed by atoms with Gasteiger partial charge in [-0.2, -0.15) is 0 Å². The number of ether oxygens (including phenoxy) is 1. The molecule has 0 aliphatic carbocycles. The largest absolute Gasteiger partial charge is 0.506 e. The first-order valence-corrected chi connectivity index (χ1v) is 7.12. The Morgan fingerprint density at radius 2 is 1.95 bits per heavy atom. The van der Waals surface area contributed by atoms with Crippen molar-refractivity contribution in [2.24, 2.45) is 0 Å². The molecule has 2 heterocycles. The van der Waals surface area contributed by atoms with Gasteiger partial charge in [-0.15, -0.1) is 0 Å². The van der Waals surface area contributed by atoms with E-state index in [1.165, 1.54) is 11.9 Å². The van der Waals surface area contributed by atoms with Gasteiger partial charge >= 0.3 is 0 Å². The van der Waals surface area contributed by atoms with Gasteiger partial charge in [0.15, 0.2) is 0 Å². The maximum atomic E-state index is 9.25. The third-order valence-electron chi connectivity index (χ3n) is 3.52. The van der Waals surface area contributed by atoms with Gasteiger partial charge in [-0.1, -0.05) is 12.1 Å². The Balaban J connectivity index is 1.71. The maximum absolute atomic E-state index is 9.25. The molecule has 21 heavy (non-hydrogen) atoms. The van der Waals surface area contributed by atoms with Gasteiger partial charge in [0.1, 0.15) is 5.75 Å². The third kappa shape index (κ3) is 3.44. The fourth-order valence-corrected chi connectivity index (χ4v) is 2.41. The van der Waals surface area contributed by atoms with Crippen LogP contribution in [-0.4, -0.2) is 36.4 Å². The second-order valence-electron chi connectivity index (χ2n) is 4.98.